The fraction of sp³-hybridized carbons (Fsp3) is 0.571. The zero-order valence-corrected chi connectivity index (χ0v) is 12.8. The molecule has 0 bridgehead atoms. The summed E-state index contributed by atoms with van der Waals surface area (Å²) in [7, 11) is 0. The first-order valence-corrected chi connectivity index (χ1v) is 6.86. The van der Waals surface area contributed by atoms with Crippen molar-refractivity contribution in [2.45, 2.75) is 33.6 Å². The molecule has 0 saturated heterocycles. The number of amides is 1. The van der Waals surface area contributed by atoms with Gasteiger partial charge in [0, 0.05) is 12.2 Å². The van der Waals surface area contributed by atoms with Crippen molar-refractivity contribution in [1.82, 2.24) is 14.9 Å². The van der Waals surface area contributed by atoms with Crippen LogP contribution in [0, 0.1) is 5.92 Å². The number of nitrogens with two attached hydrogens (primary N) is 1. The van der Waals surface area contributed by atoms with Crippen LogP contribution in [0.25, 0.3) is 0 Å². The molecule has 0 saturated carbocycles. The SMILES string of the molecule is CC(C)CN(CC(=O)O)C(=O)c1cc(C(C)C)nc(N)n1. The van der Waals surface area contributed by atoms with E-state index in [0.717, 1.165) is 0 Å². The minimum absolute atomic E-state index is 0.0179. The number of carboxylic acids is 1. The van der Waals surface area contributed by atoms with Crippen LogP contribution in [-0.2, 0) is 4.79 Å². The van der Waals surface area contributed by atoms with Crippen LogP contribution >= 0.6 is 0 Å². The van der Waals surface area contributed by atoms with Gasteiger partial charge in [-0.1, -0.05) is 27.7 Å². The van der Waals surface area contributed by atoms with E-state index in [-0.39, 0.29) is 30.0 Å². The van der Waals surface area contributed by atoms with Crippen LogP contribution in [0.2, 0.25) is 0 Å². The Morgan fingerprint density at radius 2 is 1.90 bits per heavy atom. The van der Waals surface area contributed by atoms with Gasteiger partial charge in [0.2, 0.25) is 5.95 Å². The second kappa shape index (κ2) is 7.01. The van der Waals surface area contributed by atoms with Crippen molar-refractivity contribution in [3.63, 3.8) is 0 Å². The highest BCUT2D eigenvalue weighted by molar-refractivity contribution is 5.94. The third-order valence-electron chi connectivity index (χ3n) is 2.77. The van der Waals surface area contributed by atoms with Crippen LogP contribution < -0.4 is 5.73 Å². The van der Waals surface area contributed by atoms with E-state index < -0.39 is 11.9 Å². The number of aliphatic carboxylic acids is 1. The van der Waals surface area contributed by atoms with Gasteiger partial charge in [0.25, 0.3) is 5.91 Å². The van der Waals surface area contributed by atoms with Gasteiger partial charge in [-0.15, -0.1) is 0 Å². The van der Waals surface area contributed by atoms with Gasteiger partial charge in [-0.3, -0.25) is 9.59 Å². The molecule has 1 aromatic heterocycles. The number of rotatable bonds is 6. The number of anilines is 1. The Bertz CT molecular complexity index is 529. The monoisotopic (exact) mass is 294 g/mol. The van der Waals surface area contributed by atoms with Crippen molar-refractivity contribution in [2.75, 3.05) is 18.8 Å². The standard InChI is InChI=1S/C14H22N4O3/c1-8(2)6-18(7-12(19)20)13(21)11-5-10(9(3)4)16-14(15)17-11/h5,8-9H,6-7H2,1-4H3,(H,19,20)(H2,15,16,17). The van der Waals surface area contributed by atoms with Crippen molar-refractivity contribution in [3.05, 3.63) is 17.5 Å². The first kappa shape index (κ1) is 16.9. The van der Waals surface area contributed by atoms with Crippen LogP contribution in [0.1, 0.15) is 49.8 Å². The van der Waals surface area contributed by atoms with Crippen LogP contribution in [-0.4, -0.2) is 44.9 Å². The van der Waals surface area contributed by atoms with Gasteiger partial charge in [-0.05, 0) is 17.9 Å². The number of carboxylic acid groups (broad SMARTS) is 1. The van der Waals surface area contributed by atoms with Crippen molar-refractivity contribution < 1.29 is 14.7 Å². The Morgan fingerprint density at radius 1 is 1.29 bits per heavy atom. The smallest absolute Gasteiger partial charge is 0.323 e. The minimum atomic E-state index is -1.06. The van der Waals surface area contributed by atoms with E-state index >= 15 is 0 Å². The predicted octanol–water partition coefficient (Wildman–Crippen LogP) is 1.36. The van der Waals surface area contributed by atoms with E-state index in [0.29, 0.717) is 12.2 Å². The van der Waals surface area contributed by atoms with E-state index in [4.69, 9.17) is 10.8 Å². The maximum atomic E-state index is 12.5. The highest BCUT2D eigenvalue weighted by atomic mass is 16.4. The lowest BCUT2D eigenvalue weighted by molar-refractivity contribution is -0.137. The summed E-state index contributed by atoms with van der Waals surface area (Å²) in [4.78, 5) is 32.7. The highest BCUT2D eigenvalue weighted by Crippen LogP contribution is 2.15. The summed E-state index contributed by atoms with van der Waals surface area (Å²) in [6, 6.07) is 1.57. The molecule has 0 fully saturated rings. The molecule has 0 aliphatic heterocycles. The molecule has 21 heavy (non-hydrogen) atoms. The maximum Gasteiger partial charge on any atom is 0.323 e. The fourth-order valence-corrected chi connectivity index (χ4v) is 1.88. The van der Waals surface area contributed by atoms with Crippen LogP contribution in [0.3, 0.4) is 0 Å². The zero-order chi connectivity index (χ0) is 16.2. The average molecular weight is 294 g/mol. The van der Waals surface area contributed by atoms with Gasteiger partial charge < -0.3 is 15.7 Å². The summed E-state index contributed by atoms with van der Waals surface area (Å²) in [6.45, 7) is 7.66. The van der Waals surface area contributed by atoms with Gasteiger partial charge in [-0.25, -0.2) is 9.97 Å². The summed E-state index contributed by atoms with van der Waals surface area (Å²) >= 11 is 0. The summed E-state index contributed by atoms with van der Waals surface area (Å²) in [5.74, 6) is -1.24. The van der Waals surface area contributed by atoms with E-state index in [9.17, 15) is 9.59 Å². The summed E-state index contributed by atoms with van der Waals surface area (Å²) in [6.07, 6.45) is 0. The third-order valence-corrected chi connectivity index (χ3v) is 2.77. The van der Waals surface area contributed by atoms with Gasteiger partial charge in [0.05, 0.1) is 0 Å². The van der Waals surface area contributed by atoms with Crippen LogP contribution in [0.4, 0.5) is 5.95 Å². The lowest BCUT2D eigenvalue weighted by Gasteiger charge is -2.22. The molecule has 0 spiro atoms. The average Bonchev–Trinajstić information content (AvgIpc) is 2.35. The summed E-state index contributed by atoms with van der Waals surface area (Å²) in [5, 5.41) is 8.94. The number of nitrogen functional groups attached to an aromatic ring is 1. The van der Waals surface area contributed by atoms with E-state index in [2.05, 4.69) is 9.97 Å². The molecule has 3 N–H and O–H groups in total. The normalized spacial score (nSPS) is 11.0. The Hall–Kier alpha value is -2.18. The van der Waals surface area contributed by atoms with Crippen molar-refractivity contribution in [2.24, 2.45) is 5.92 Å². The largest absolute Gasteiger partial charge is 0.480 e. The summed E-state index contributed by atoms with van der Waals surface area (Å²) < 4.78 is 0. The molecule has 1 amide bonds. The molecule has 0 aliphatic carbocycles. The van der Waals surface area contributed by atoms with Gasteiger partial charge >= 0.3 is 5.97 Å². The molecular formula is C14H22N4O3. The molecule has 1 rings (SSSR count). The Kier molecular flexibility index (Phi) is 5.63. The minimum Gasteiger partial charge on any atom is -0.480 e. The number of nitrogens with zero attached hydrogens (tertiary/aromatic N) is 3. The number of carbonyl (C=O) groups excluding carboxylic acids is 1. The molecule has 7 heteroatoms. The second-order valence-electron chi connectivity index (χ2n) is 5.66. The molecule has 0 atom stereocenters. The van der Waals surface area contributed by atoms with Gasteiger partial charge in [0.15, 0.2) is 0 Å². The third kappa shape index (κ3) is 5.02. The molecule has 116 valence electrons. The van der Waals surface area contributed by atoms with Gasteiger partial charge in [0.1, 0.15) is 12.2 Å². The molecule has 0 aromatic carbocycles. The molecule has 0 unspecified atom stereocenters. The molecule has 1 heterocycles. The highest BCUT2D eigenvalue weighted by Gasteiger charge is 2.22. The van der Waals surface area contributed by atoms with E-state index in [1.807, 2.05) is 27.7 Å². The second-order valence-corrected chi connectivity index (χ2v) is 5.66. The van der Waals surface area contributed by atoms with Crippen LogP contribution in [0.15, 0.2) is 6.07 Å². The zero-order valence-electron chi connectivity index (χ0n) is 12.8. The molecule has 7 nitrogen and oxygen atoms in total. The first-order chi connectivity index (χ1) is 9.70. The van der Waals surface area contributed by atoms with E-state index in [1.54, 1.807) is 6.07 Å². The first-order valence-electron chi connectivity index (χ1n) is 6.86. The maximum absolute atomic E-state index is 12.5. The van der Waals surface area contributed by atoms with E-state index in [1.165, 1.54) is 4.90 Å². The molecule has 1 aromatic rings. The number of aromatic nitrogens is 2. The Balaban J connectivity index is 3.10. The molecular weight excluding hydrogens is 272 g/mol. The van der Waals surface area contributed by atoms with Crippen molar-refractivity contribution >= 4 is 17.8 Å². The Labute approximate surface area is 124 Å². The number of hydrogen-bond acceptors (Lipinski definition) is 5. The van der Waals surface area contributed by atoms with Crippen LogP contribution in [0.5, 0.6) is 0 Å². The number of hydrogen-bond donors (Lipinski definition) is 2. The summed E-state index contributed by atoms with van der Waals surface area (Å²) in [5.41, 5.74) is 6.42. The van der Waals surface area contributed by atoms with Crippen molar-refractivity contribution in [1.29, 1.82) is 0 Å². The molecule has 0 radical (unpaired) electrons. The predicted molar refractivity (Wildman–Crippen MR) is 78.9 cm³/mol. The topological polar surface area (TPSA) is 109 Å². The quantitative estimate of drug-likeness (QED) is 0.820. The fourth-order valence-electron chi connectivity index (χ4n) is 1.88. The number of carbonyl (C=O) groups is 2. The lowest BCUT2D eigenvalue weighted by Crippen LogP contribution is -2.38. The Morgan fingerprint density at radius 3 is 2.38 bits per heavy atom. The molecule has 0 aliphatic rings. The van der Waals surface area contributed by atoms with Gasteiger partial charge in [-0.2, -0.15) is 0 Å². The van der Waals surface area contributed by atoms with Crippen molar-refractivity contribution in [3.8, 4) is 0 Å². The lowest BCUT2D eigenvalue weighted by atomic mass is 10.1.